The highest BCUT2D eigenvalue weighted by molar-refractivity contribution is 6.01. The van der Waals surface area contributed by atoms with Crippen LogP contribution in [0.4, 0.5) is 5.69 Å². The molecule has 0 spiro atoms. The fourth-order valence-electron chi connectivity index (χ4n) is 4.06. The van der Waals surface area contributed by atoms with Crippen LogP contribution in [-0.2, 0) is 13.1 Å². The quantitative estimate of drug-likeness (QED) is 0.710. The Balaban J connectivity index is 1.46. The summed E-state index contributed by atoms with van der Waals surface area (Å²) in [6.45, 7) is 6.18. The fraction of sp³-hybridized carbons (Fsp3) is 0.421. The van der Waals surface area contributed by atoms with Crippen molar-refractivity contribution in [1.29, 1.82) is 0 Å². The lowest BCUT2D eigenvalue weighted by Crippen LogP contribution is -2.38. The predicted octanol–water partition coefficient (Wildman–Crippen LogP) is 2.10. The van der Waals surface area contributed by atoms with Gasteiger partial charge in [-0.2, -0.15) is 10.2 Å². The molecule has 0 saturated carbocycles. The molecular formula is C19H22N6O. The fourth-order valence-corrected chi connectivity index (χ4v) is 4.06. The summed E-state index contributed by atoms with van der Waals surface area (Å²) in [6.07, 6.45) is 6.12. The van der Waals surface area contributed by atoms with Gasteiger partial charge in [-0.1, -0.05) is 0 Å². The van der Waals surface area contributed by atoms with Crippen LogP contribution in [0.25, 0.3) is 5.52 Å². The van der Waals surface area contributed by atoms with E-state index in [2.05, 4.69) is 33.3 Å². The number of anilines is 1. The lowest BCUT2D eigenvalue weighted by atomic mass is 10.2. The summed E-state index contributed by atoms with van der Waals surface area (Å²) in [4.78, 5) is 17.4. The number of carbonyl (C=O) groups is 1. The largest absolute Gasteiger partial charge is 0.371 e. The van der Waals surface area contributed by atoms with Crippen LogP contribution < -0.4 is 4.90 Å². The zero-order valence-corrected chi connectivity index (χ0v) is 14.9. The molecule has 0 N–H and O–H groups in total. The first kappa shape index (κ1) is 15.4. The van der Waals surface area contributed by atoms with E-state index in [1.807, 2.05) is 22.7 Å². The standard InChI is InChI=1S/C19H22N6O/c1-14-10-16-13-23(8-9-24(16)21-14)19(26)17-12-20-25-7-4-15(11-18(17)25)22-5-2-3-6-22/h4,7,10-12H,2-3,5-6,8-9,13H2,1H3. The second kappa shape index (κ2) is 5.86. The number of nitrogens with zero attached hydrogens (tertiary/aromatic N) is 6. The molecule has 1 fully saturated rings. The molecule has 7 nitrogen and oxygen atoms in total. The lowest BCUT2D eigenvalue weighted by Gasteiger charge is -2.27. The van der Waals surface area contributed by atoms with Crippen LogP contribution in [0.15, 0.2) is 30.6 Å². The Morgan fingerprint density at radius 2 is 1.96 bits per heavy atom. The van der Waals surface area contributed by atoms with E-state index in [9.17, 15) is 4.79 Å². The molecule has 5 rings (SSSR count). The molecule has 0 bridgehead atoms. The van der Waals surface area contributed by atoms with Gasteiger partial charge in [0.15, 0.2) is 0 Å². The average molecular weight is 350 g/mol. The highest BCUT2D eigenvalue weighted by Gasteiger charge is 2.25. The van der Waals surface area contributed by atoms with Crippen molar-refractivity contribution in [2.45, 2.75) is 32.9 Å². The molecule has 3 aromatic rings. The van der Waals surface area contributed by atoms with Gasteiger partial charge in [0.25, 0.3) is 5.91 Å². The van der Waals surface area contributed by atoms with Crippen molar-refractivity contribution in [3.63, 3.8) is 0 Å². The first-order valence-electron chi connectivity index (χ1n) is 9.24. The van der Waals surface area contributed by atoms with Gasteiger partial charge in [-0.15, -0.1) is 0 Å². The van der Waals surface area contributed by atoms with Crippen LogP contribution in [0.5, 0.6) is 0 Å². The number of rotatable bonds is 2. The molecule has 0 unspecified atom stereocenters. The van der Waals surface area contributed by atoms with Gasteiger partial charge in [0.2, 0.25) is 0 Å². The molecular weight excluding hydrogens is 328 g/mol. The number of hydrogen-bond acceptors (Lipinski definition) is 4. The number of pyridine rings is 1. The van der Waals surface area contributed by atoms with Crippen molar-refractivity contribution in [2.24, 2.45) is 0 Å². The minimum absolute atomic E-state index is 0.0451. The van der Waals surface area contributed by atoms with Crippen molar-refractivity contribution >= 4 is 17.1 Å². The molecule has 5 heterocycles. The number of hydrogen-bond donors (Lipinski definition) is 0. The van der Waals surface area contributed by atoms with Crippen molar-refractivity contribution < 1.29 is 4.79 Å². The molecule has 3 aromatic heterocycles. The average Bonchev–Trinajstić information content (AvgIpc) is 3.38. The Bertz CT molecular complexity index is 981. The Labute approximate surface area is 151 Å². The van der Waals surface area contributed by atoms with Gasteiger partial charge in [0.05, 0.1) is 41.8 Å². The molecule has 0 atom stereocenters. The third-order valence-corrected chi connectivity index (χ3v) is 5.41. The summed E-state index contributed by atoms with van der Waals surface area (Å²) in [5, 5.41) is 8.85. The molecule has 2 aliphatic rings. The van der Waals surface area contributed by atoms with Gasteiger partial charge < -0.3 is 9.80 Å². The summed E-state index contributed by atoms with van der Waals surface area (Å²) < 4.78 is 3.80. The first-order chi connectivity index (χ1) is 12.7. The van der Waals surface area contributed by atoms with Gasteiger partial charge >= 0.3 is 0 Å². The highest BCUT2D eigenvalue weighted by atomic mass is 16.2. The maximum Gasteiger partial charge on any atom is 0.258 e. The maximum absolute atomic E-state index is 13.2. The highest BCUT2D eigenvalue weighted by Crippen LogP contribution is 2.25. The Morgan fingerprint density at radius 3 is 2.81 bits per heavy atom. The first-order valence-corrected chi connectivity index (χ1v) is 9.24. The number of amides is 1. The summed E-state index contributed by atoms with van der Waals surface area (Å²) in [6, 6.07) is 6.24. The van der Waals surface area contributed by atoms with Crippen LogP contribution in [-0.4, -0.2) is 49.8 Å². The van der Waals surface area contributed by atoms with E-state index in [0.717, 1.165) is 36.5 Å². The molecule has 1 saturated heterocycles. The number of fused-ring (bicyclic) bond motifs is 2. The van der Waals surface area contributed by atoms with E-state index in [1.165, 1.54) is 18.5 Å². The second-order valence-corrected chi connectivity index (χ2v) is 7.19. The van der Waals surface area contributed by atoms with Crippen LogP contribution in [0.3, 0.4) is 0 Å². The SMILES string of the molecule is Cc1cc2n(n1)CCN(C(=O)c1cnn3ccc(N4CCCC4)cc13)C2. The van der Waals surface area contributed by atoms with Crippen molar-refractivity contribution in [3.05, 3.63) is 47.5 Å². The van der Waals surface area contributed by atoms with Crippen LogP contribution >= 0.6 is 0 Å². The molecule has 0 aromatic carbocycles. The third-order valence-electron chi connectivity index (χ3n) is 5.41. The van der Waals surface area contributed by atoms with E-state index in [0.29, 0.717) is 18.7 Å². The predicted molar refractivity (Wildman–Crippen MR) is 98.3 cm³/mol. The van der Waals surface area contributed by atoms with Gasteiger partial charge in [0.1, 0.15) is 0 Å². The normalized spacial score (nSPS) is 17.1. The van der Waals surface area contributed by atoms with Gasteiger partial charge in [-0.05, 0) is 38.0 Å². The third kappa shape index (κ3) is 2.46. The van der Waals surface area contributed by atoms with Gasteiger partial charge in [-0.25, -0.2) is 4.52 Å². The van der Waals surface area contributed by atoms with Crippen LogP contribution in [0.1, 0.15) is 34.6 Å². The summed E-state index contributed by atoms with van der Waals surface area (Å²) >= 11 is 0. The second-order valence-electron chi connectivity index (χ2n) is 7.19. The van der Waals surface area contributed by atoms with Crippen LogP contribution in [0.2, 0.25) is 0 Å². The topological polar surface area (TPSA) is 58.7 Å². The molecule has 7 heteroatoms. The van der Waals surface area contributed by atoms with E-state index in [4.69, 9.17) is 0 Å². The minimum Gasteiger partial charge on any atom is -0.371 e. The molecule has 1 amide bonds. The van der Waals surface area contributed by atoms with Crippen LogP contribution in [0, 0.1) is 6.92 Å². The smallest absolute Gasteiger partial charge is 0.258 e. The summed E-state index contributed by atoms with van der Waals surface area (Å²) in [5.41, 5.74) is 4.83. The van der Waals surface area contributed by atoms with E-state index in [1.54, 1.807) is 10.7 Å². The maximum atomic E-state index is 13.2. The van der Waals surface area contributed by atoms with E-state index < -0.39 is 0 Å². The Kier molecular flexibility index (Phi) is 3.48. The monoisotopic (exact) mass is 350 g/mol. The molecule has 134 valence electrons. The molecule has 0 radical (unpaired) electrons. The van der Waals surface area contributed by atoms with Gasteiger partial charge in [0, 0.05) is 31.5 Å². The van der Waals surface area contributed by atoms with Crippen molar-refractivity contribution in [1.82, 2.24) is 24.3 Å². The minimum atomic E-state index is 0.0451. The van der Waals surface area contributed by atoms with E-state index in [-0.39, 0.29) is 5.91 Å². The zero-order valence-electron chi connectivity index (χ0n) is 14.9. The van der Waals surface area contributed by atoms with Gasteiger partial charge in [-0.3, -0.25) is 9.48 Å². The Hall–Kier alpha value is -2.83. The summed E-state index contributed by atoms with van der Waals surface area (Å²) in [7, 11) is 0. The Morgan fingerprint density at radius 1 is 1.12 bits per heavy atom. The lowest BCUT2D eigenvalue weighted by molar-refractivity contribution is 0.0708. The summed E-state index contributed by atoms with van der Waals surface area (Å²) in [5.74, 6) is 0.0451. The van der Waals surface area contributed by atoms with E-state index >= 15 is 0 Å². The number of aromatic nitrogens is 4. The van der Waals surface area contributed by atoms with Crippen molar-refractivity contribution in [2.75, 3.05) is 24.5 Å². The van der Waals surface area contributed by atoms with Crippen molar-refractivity contribution in [3.8, 4) is 0 Å². The number of aryl methyl sites for hydroxylation is 1. The molecule has 26 heavy (non-hydrogen) atoms. The zero-order chi connectivity index (χ0) is 17.7. The molecule has 2 aliphatic heterocycles. The number of carbonyl (C=O) groups excluding carboxylic acids is 1. The molecule has 0 aliphatic carbocycles.